The topological polar surface area (TPSA) is 18.5 Å². The molecule has 0 aromatic rings. The van der Waals surface area contributed by atoms with Gasteiger partial charge in [0.05, 0.1) is 0 Å². The fourth-order valence-electron chi connectivity index (χ4n) is 2.55. The minimum atomic E-state index is 0.640. The van der Waals surface area contributed by atoms with E-state index in [1.807, 2.05) is 0 Å². The number of rotatable bonds is 7. The maximum atomic E-state index is 3.63. The summed E-state index contributed by atoms with van der Waals surface area (Å²) in [6.07, 6.45) is 2.97. The van der Waals surface area contributed by atoms with E-state index < -0.39 is 0 Å². The van der Waals surface area contributed by atoms with Gasteiger partial charge in [-0.1, -0.05) is 13.8 Å². The van der Waals surface area contributed by atoms with E-state index >= 15 is 0 Å². The summed E-state index contributed by atoms with van der Waals surface area (Å²) in [5.41, 5.74) is 0. The van der Waals surface area contributed by atoms with Crippen molar-refractivity contribution in [2.75, 3.05) is 45.8 Å². The Hall–Kier alpha value is -0.120. The lowest BCUT2D eigenvalue weighted by Crippen LogP contribution is -2.49. The minimum absolute atomic E-state index is 0.640. The zero-order valence-electron chi connectivity index (χ0n) is 12.5. The van der Waals surface area contributed by atoms with Gasteiger partial charge >= 0.3 is 0 Å². The highest BCUT2D eigenvalue weighted by Gasteiger charge is 2.26. The van der Waals surface area contributed by atoms with Crippen molar-refractivity contribution in [2.24, 2.45) is 11.8 Å². The Bertz CT molecular complexity index is 230. The van der Waals surface area contributed by atoms with Gasteiger partial charge in [-0.05, 0) is 31.6 Å². The van der Waals surface area contributed by atoms with Crippen LogP contribution in [-0.2, 0) is 0 Å². The molecule has 3 nitrogen and oxygen atoms in total. The number of nitrogens with one attached hydrogen (secondary N) is 1. The SMILES string of the molecule is CC(C)C(C)NCCN1CCN(CC2CC2)CC1. The molecule has 2 fully saturated rings. The number of piperazine rings is 1. The van der Waals surface area contributed by atoms with Crippen LogP contribution in [0, 0.1) is 11.8 Å². The molecule has 0 aromatic carbocycles. The first-order chi connectivity index (χ1) is 8.65. The van der Waals surface area contributed by atoms with Crippen molar-refractivity contribution in [1.82, 2.24) is 15.1 Å². The monoisotopic (exact) mass is 253 g/mol. The third-order valence-electron chi connectivity index (χ3n) is 4.57. The van der Waals surface area contributed by atoms with Gasteiger partial charge in [-0.15, -0.1) is 0 Å². The van der Waals surface area contributed by atoms with Crippen molar-refractivity contribution >= 4 is 0 Å². The zero-order chi connectivity index (χ0) is 13.0. The maximum Gasteiger partial charge on any atom is 0.0110 e. The van der Waals surface area contributed by atoms with Gasteiger partial charge in [-0.2, -0.15) is 0 Å². The number of hydrogen-bond donors (Lipinski definition) is 1. The molecular weight excluding hydrogens is 222 g/mol. The lowest BCUT2D eigenvalue weighted by atomic mass is 10.1. The molecule has 1 aliphatic carbocycles. The number of hydrogen-bond acceptors (Lipinski definition) is 3. The van der Waals surface area contributed by atoms with Crippen molar-refractivity contribution in [3.8, 4) is 0 Å². The molecular formula is C15H31N3. The fraction of sp³-hybridized carbons (Fsp3) is 1.00. The molecule has 1 unspecified atom stereocenters. The van der Waals surface area contributed by atoms with Gasteiger partial charge in [0.25, 0.3) is 0 Å². The zero-order valence-corrected chi connectivity index (χ0v) is 12.5. The predicted octanol–water partition coefficient (Wildman–Crippen LogP) is 1.65. The standard InChI is InChI=1S/C15H31N3/c1-13(2)14(3)16-6-7-17-8-10-18(11-9-17)12-15-4-5-15/h13-16H,4-12H2,1-3H3. The Morgan fingerprint density at radius 2 is 1.61 bits per heavy atom. The summed E-state index contributed by atoms with van der Waals surface area (Å²) in [5.74, 6) is 1.78. The van der Waals surface area contributed by atoms with E-state index in [9.17, 15) is 0 Å². The van der Waals surface area contributed by atoms with Crippen LogP contribution in [0.5, 0.6) is 0 Å². The predicted molar refractivity (Wildman–Crippen MR) is 77.9 cm³/mol. The molecule has 0 bridgehead atoms. The van der Waals surface area contributed by atoms with E-state index in [2.05, 4.69) is 35.9 Å². The lowest BCUT2D eigenvalue weighted by Gasteiger charge is -2.35. The summed E-state index contributed by atoms with van der Waals surface area (Å²) in [6, 6.07) is 0.640. The molecule has 0 aromatic heterocycles. The molecule has 1 atom stereocenters. The van der Waals surface area contributed by atoms with Crippen molar-refractivity contribution in [3.05, 3.63) is 0 Å². The van der Waals surface area contributed by atoms with E-state index in [0.717, 1.165) is 18.4 Å². The molecule has 0 spiro atoms. The van der Waals surface area contributed by atoms with Gasteiger partial charge in [-0.3, -0.25) is 4.90 Å². The maximum absolute atomic E-state index is 3.63. The van der Waals surface area contributed by atoms with Gasteiger partial charge in [0.15, 0.2) is 0 Å². The van der Waals surface area contributed by atoms with Crippen molar-refractivity contribution in [1.29, 1.82) is 0 Å². The Balaban J connectivity index is 1.53. The van der Waals surface area contributed by atoms with Gasteiger partial charge in [0.2, 0.25) is 0 Å². The molecule has 1 heterocycles. The highest BCUT2D eigenvalue weighted by molar-refractivity contribution is 4.80. The second kappa shape index (κ2) is 6.88. The van der Waals surface area contributed by atoms with Gasteiger partial charge in [0, 0.05) is 51.9 Å². The van der Waals surface area contributed by atoms with Crippen LogP contribution in [-0.4, -0.2) is 61.7 Å². The highest BCUT2D eigenvalue weighted by atomic mass is 15.3. The van der Waals surface area contributed by atoms with Crippen molar-refractivity contribution in [3.63, 3.8) is 0 Å². The molecule has 0 amide bonds. The lowest BCUT2D eigenvalue weighted by molar-refractivity contribution is 0.128. The van der Waals surface area contributed by atoms with Crippen LogP contribution in [0.2, 0.25) is 0 Å². The second-order valence-corrected chi connectivity index (χ2v) is 6.57. The van der Waals surface area contributed by atoms with E-state index in [1.165, 1.54) is 52.1 Å². The molecule has 2 rings (SSSR count). The summed E-state index contributed by atoms with van der Waals surface area (Å²) in [6.45, 7) is 15.7. The summed E-state index contributed by atoms with van der Waals surface area (Å²) in [7, 11) is 0. The third kappa shape index (κ3) is 4.87. The largest absolute Gasteiger partial charge is 0.313 e. The molecule has 0 radical (unpaired) electrons. The summed E-state index contributed by atoms with van der Waals surface area (Å²) in [4.78, 5) is 5.28. The van der Waals surface area contributed by atoms with E-state index in [0.29, 0.717) is 6.04 Å². The molecule has 1 saturated heterocycles. The van der Waals surface area contributed by atoms with Crippen LogP contribution in [0.3, 0.4) is 0 Å². The number of nitrogens with zero attached hydrogens (tertiary/aromatic N) is 2. The van der Waals surface area contributed by atoms with Gasteiger partial charge < -0.3 is 10.2 Å². The van der Waals surface area contributed by atoms with Gasteiger partial charge in [0.1, 0.15) is 0 Å². The Morgan fingerprint density at radius 3 is 2.17 bits per heavy atom. The van der Waals surface area contributed by atoms with Crippen LogP contribution < -0.4 is 5.32 Å². The molecule has 18 heavy (non-hydrogen) atoms. The molecule has 1 aliphatic heterocycles. The quantitative estimate of drug-likeness (QED) is 0.744. The van der Waals surface area contributed by atoms with Gasteiger partial charge in [-0.25, -0.2) is 0 Å². The first-order valence-corrected chi connectivity index (χ1v) is 7.83. The summed E-state index contributed by atoms with van der Waals surface area (Å²) in [5, 5.41) is 3.63. The average molecular weight is 253 g/mol. The molecule has 3 heteroatoms. The summed E-state index contributed by atoms with van der Waals surface area (Å²) < 4.78 is 0. The first-order valence-electron chi connectivity index (χ1n) is 7.83. The van der Waals surface area contributed by atoms with E-state index in [4.69, 9.17) is 0 Å². The molecule has 2 aliphatic rings. The Kier molecular flexibility index (Phi) is 5.46. The van der Waals surface area contributed by atoms with Crippen LogP contribution >= 0.6 is 0 Å². The highest BCUT2D eigenvalue weighted by Crippen LogP contribution is 2.29. The Labute approximate surface area is 113 Å². The average Bonchev–Trinajstić information content (AvgIpc) is 3.15. The molecule has 106 valence electrons. The van der Waals surface area contributed by atoms with Crippen LogP contribution in [0.1, 0.15) is 33.6 Å². The first kappa shape index (κ1) is 14.3. The minimum Gasteiger partial charge on any atom is -0.313 e. The Morgan fingerprint density at radius 1 is 1.00 bits per heavy atom. The molecule has 1 N–H and O–H groups in total. The van der Waals surface area contributed by atoms with Crippen molar-refractivity contribution in [2.45, 2.75) is 39.7 Å². The van der Waals surface area contributed by atoms with E-state index in [1.54, 1.807) is 0 Å². The van der Waals surface area contributed by atoms with Crippen LogP contribution in [0.25, 0.3) is 0 Å². The van der Waals surface area contributed by atoms with Crippen LogP contribution in [0.4, 0.5) is 0 Å². The molecule has 1 saturated carbocycles. The smallest absolute Gasteiger partial charge is 0.0110 e. The van der Waals surface area contributed by atoms with Crippen molar-refractivity contribution < 1.29 is 0 Å². The van der Waals surface area contributed by atoms with E-state index in [-0.39, 0.29) is 0 Å². The second-order valence-electron chi connectivity index (χ2n) is 6.57. The van der Waals surface area contributed by atoms with Crippen LogP contribution in [0.15, 0.2) is 0 Å². The third-order valence-corrected chi connectivity index (χ3v) is 4.57. The fourth-order valence-corrected chi connectivity index (χ4v) is 2.55. The summed E-state index contributed by atoms with van der Waals surface area (Å²) >= 11 is 0. The normalized spacial score (nSPS) is 24.7.